The van der Waals surface area contributed by atoms with Crippen LogP contribution in [0.15, 0.2) is 42.5 Å². The molecule has 1 heterocycles. The number of carbonyl (C=O) groups excluding carboxylic acids is 1. The summed E-state index contributed by atoms with van der Waals surface area (Å²) in [5, 5.41) is 2.87. The molecule has 3 rings (SSSR count). The van der Waals surface area contributed by atoms with E-state index in [1.54, 1.807) is 7.11 Å². The molecule has 0 aromatic heterocycles. The summed E-state index contributed by atoms with van der Waals surface area (Å²) in [6.07, 6.45) is 1.52. The Labute approximate surface area is 151 Å². The molecule has 1 aliphatic rings. The van der Waals surface area contributed by atoms with Crippen LogP contribution in [0.3, 0.4) is 0 Å². The second-order valence-electron chi connectivity index (χ2n) is 6.43. The molecule has 2 aromatic rings. The number of nitrogens with one attached hydrogen (secondary N) is 1. The van der Waals surface area contributed by atoms with Crippen molar-refractivity contribution in [2.75, 3.05) is 26.9 Å². The Morgan fingerprint density at radius 3 is 2.42 bits per heavy atom. The lowest BCUT2D eigenvalue weighted by Crippen LogP contribution is -2.44. The molecule has 0 saturated carbocycles. The highest BCUT2D eigenvalue weighted by molar-refractivity contribution is 5.94. The lowest BCUT2D eigenvalue weighted by molar-refractivity contribution is 0.0487. The number of hydrogen-bond acceptors (Lipinski definition) is 3. The zero-order valence-corrected chi connectivity index (χ0v) is 14.6. The maximum atomic E-state index is 13.4. The predicted octanol–water partition coefficient (Wildman–Crippen LogP) is 3.45. The molecule has 0 unspecified atom stereocenters. The van der Waals surface area contributed by atoms with Crippen LogP contribution in [0.1, 0.15) is 28.8 Å². The van der Waals surface area contributed by atoms with E-state index in [4.69, 9.17) is 9.47 Å². The van der Waals surface area contributed by atoms with Gasteiger partial charge in [-0.2, -0.15) is 0 Å². The SMILES string of the molecule is COc1ccc(C2(CNC(=O)c3ccc(F)c(F)c3)CCOCC2)cc1. The van der Waals surface area contributed by atoms with E-state index in [1.807, 2.05) is 24.3 Å². The topological polar surface area (TPSA) is 47.6 Å². The molecule has 1 fully saturated rings. The van der Waals surface area contributed by atoms with Gasteiger partial charge in [-0.3, -0.25) is 4.79 Å². The van der Waals surface area contributed by atoms with Crippen LogP contribution >= 0.6 is 0 Å². The smallest absolute Gasteiger partial charge is 0.251 e. The molecule has 1 saturated heterocycles. The quantitative estimate of drug-likeness (QED) is 0.887. The van der Waals surface area contributed by atoms with Crippen LogP contribution in [0.2, 0.25) is 0 Å². The first-order chi connectivity index (χ1) is 12.5. The van der Waals surface area contributed by atoms with E-state index in [1.165, 1.54) is 6.07 Å². The zero-order valence-electron chi connectivity index (χ0n) is 14.6. The van der Waals surface area contributed by atoms with E-state index in [-0.39, 0.29) is 11.0 Å². The molecule has 1 amide bonds. The second-order valence-corrected chi connectivity index (χ2v) is 6.43. The van der Waals surface area contributed by atoms with Crippen molar-refractivity contribution in [2.45, 2.75) is 18.3 Å². The number of halogens is 2. The summed E-state index contributed by atoms with van der Waals surface area (Å²) in [4.78, 5) is 12.4. The highest BCUT2D eigenvalue weighted by Crippen LogP contribution is 2.35. The summed E-state index contributed by atoms with van der Waals surface area (Å²) in [5.41, 5.74) is 0.923. The van der Waals surface area contributed by atoms with Gasteiger partial charge in [0.2, 0.25) is 0 Å². The lowest BCUT2D eigenvalue weighted by Gasteiger charge is -2.38. The predicted molar refractivity (Wildman–Crippen MR) is 93.4 cm³/mol. The molecular weight excluding hydrogens is 340 g/mol. The minimum Gasteiger partial charge on any atom is -0.497 e. The van der Waals surface area contributed by atoms with Crippen molar-refractivity contribution >= 4 is 5.91 Å². The Bertz CT molecular complexity index is 771. The number of methoxy groups -OCH3 is 1. The van der Waals surface area contributed by atoms with Gasteiger partial charge in [0, 0.05) is 30.7 Å². The number of hydrogen-bond donors (Lipinski definition) is 1. The first-order valence-corrected chi connectivity index (χ1v) is 8.50. The van der Waals surface area contributed by atoms with Gasteiger partial charge in [0.05, 0.1) is 7.11 Å². The highest BCUT2D eigenvalue weighted by atomic mass is 19.2. The van der Waals surface area contributed by atoms with Crippen LogP contribution in [0.5, 0.6) is 5.75 Å². The summed E-state index contributed by atoms with van der Waals surface area (Å²) in [7, 11) is 1.61. The summed E-state index contributed by atoms with van der Waals surface area (Å²) < 4.78 is 37.1. The van der Waals surface area contributed by atoms with E-state index in [9.17, 15) is 13.6 Å². The summed E-state index contributed by atoms with van der Waals surface area (Å²) in [6, 6.07) is 10.9. The standard InChI is InChI=1S/C20H21F2NO3/c1-25-16-5-3-15(4-6-16)20(8-10-26-11-9-20)13-23-19(24)14-2-7-17(21)18(22)12-14/h2-7,12H,8-11,13H2,1H3,(H,23,24). The largest absolute Gasteiger partial charge is 0.497 e. The number of amides is 1. The summed E-state index contributed by atoms with van der Waals surface area (Å²) >= 11 is 0. The number of rotatable bonds is 5. The van der Waals surface area contributed by atoms with Crippen LogP contribution in [0.25, 0.3) is 0 Å². The Morgan fingerprint density at radius 2 is 1.81 bits per heavy atom. The van der Waals surface area contributed by atoms with Gasteiger partial charge in [0.15, 0.2) is 11.6 Å². The summed E-state index contributed by atoms with van der Waals surface area (Å²) in [6.45, 7) is 1.60. The minimum absolute atomic E-state index is 0.0980. The molecule has 2 aromatic carbocycles. The van der Waals surface area contributed by atoms with Gasteiger partial charge in [-0.15, -0.1) is 0 Å². The third-order valence-corrected chi connectivity index (χ3v) is 4.92. The minimum atomic E-state index is -1.03. The molecule has 138 valence electrons. The van der Waals surface area contributed by atoms with Crippen LogP contribution in [-0.2, 0) is 10.2 Å². The molecule has 4 nitrogen and oxygen atoms in total. The molecule has 0 atom stereocenters. The fraction of sp³-hybridized carbons (Fsp3) is 0.350. The molecule has 1 N–H and O–H groups in total. The molecule has 0 bridgehead atoms. The zero-order chi connectivity index (χ0) is 18.6. The Kier molecular flexibility index (Phi) is 5.52. The van der Waals surface area contributed by atoms with E-state index in [0.29, 0.717) is 19.8 Å². The molecule has 1 aliphatic heterocycles. The van der Waals surface area contributed by atoms with Gasteiger partial charge in [0.25, 0.3) is 5.91 Å². The maximum Gasteiger partial charge on any atom is 0.251 e. The summed E-state index contributed by atoms with van der Waals surface area (Å²) in [5.74, 6) is -1.67. The molecule has 0 spiro atoms. The van der Waals surface area contributed by atoms with E-state index < -0.39 is 17.5 Å². The van der Waals surface area contributed by atoms with Crippen molar-refractivity contribution < 1.29 is 23.0 Å². The van der Waals surface area contributed by atoms with Crippen LogP contribution in [0.4, 0.5) is 8.78 Å². The maximum absolute atomic E-state index is 13.4. The van der Waals surface area contributed by atoms with Crippen molar-refractivity contribution in [2.24, 2.45) is 0 Å². The van der Waals surface area contributed by atoms with Crippen LogP contribution in [-0.4, -0.2) is 32.8 Å². The highest BCUT2D eigenvalue weighted by Gasteiger charge is 2.35. The Morgan fingerprint density at radius 1 is 1.12 bits per heavy atom. The van der Waals surface area contributed by atoms with Gasteiger partial charge in [-0.25, -0.2) is 8.78 Å². The third kappa shape index (κ3) is 3.85. The van der Waals surface area contributed by atoms with Crippen molar-refractivity contribution in [3.63, 3.8) is 0 Å². The Hall–Kier alpha value is -2.47. The lowest BCUT2D eigenvalue weighted by atomic mass is 9.74. The van der Waals surface area contributed by atoms with Gasteiger partial charge >= 0.3 is 0 Å². The number of benzene rings is 2. The second kappa shape index (κ2) is 7.83. The molecule has 6 heteroatoms. The van der Waals surface area contributed by atoms with Crippen molar-refractivity contribution in [1.29, 1.82) is 0 Å². The van der Waals surface area contributed by atoms with Gasteiger partial charge < -0.3 is 14.8 Å². The van der Waals surface area contributed by atoms with Crippen molar-refractivity contribution in [3.8, 4) is 5.75 Å². The van der Waals surface area contributed by atoms with Crippen LogP contribution in [0, 0.1) is 11.6 Å². The fourth-order valence-electron chi connectivity index (χ4n) is 3.26. The number of carbonyl (C=O) groups is 1. The first-order valence-electron chi connectivity index (χ1n) is 8.50. The monoisotopic (exact) mass is 361 g/mol. The average Bonchev–Trinajstić information content (AvgIpc) is 2.69. The van der Waals surface area contributed by atoms with E-state index >= 15 is 0 Å². The molecule has 0 radical (unpaired) electrons. The van der Waals surface area contributed by atoms with Gasteiger partial charge in [0.1, 0.15) is 5.75 Å². The first kappa shape index (κ1) is 18.3. The normalized spacial score (nSPS) is 16.1. The molecular formula is C20H21F2NO3. The fourth-order valence-corrected chi connectivity index (χ4v) is 3.26. The van der Waals surface area contributed by atoms with Crippen molar-refractivity contribution in [1.82, 2.24) is 5.32 Å². The van der Waals surface area contributed by atoms with E-state index in [0.717, 1.165) is 36.3 Å². The van der Waals surface area contributed by atoms with Crippen molar-refractivity contribution in [3.05, 3.63) is 65.2 Å². The molecule has 26 heavy (non-hydrogen) atoms. The number of ether oxygens (including phenoxy) is 2. The molecule has 0 aliphatic carbocycles. The van der Waals surface area contributed by atoms with Gasteiger partial charge in [-0.1, -0.05) is 12.1 Å². The third-order valence-electron chi connectivity index (χ3n) is 4.92. The van der Waals surface area contributed by atoms with Gasteiger partial charge in [-0.05, 0) is 48.7 Å². The Balaban J connectivity index is 1.77. The van der Waals surface area contributed by atoms with E-state index in [2.05, 4.69) is 5.32 Å². The van der Waals surface area contributed by atoms with Crippen LogP contribution < -0.4 is 10.1 Å². The average molecular weight is 361 g/mol.